The van der Waals surface area contributed by atoms with E-state index in [-0.39, 0.29) is 0 Å². The van der Waals surface area contributed by atoms with Gasteiger partial charge in [-0.15, -0.1) is 0 Å². The summed E-state index contributed by atoms with van der Waals surface area (Å²) >= 11 is 0. The highest BCUT2D eigenvalue weighted by atomic mass is 17.2. The van der Waals surface area contributed by atoms with E-state index in [2.05, 4.69) is 27.7 Å². The van der Waals surface area contributed by atoms with Gasteiger partial charge in [0.2, 0.25) is 0 Å². The van der Waals surface area contributed by atoms with Crippen molar-refractivity contribution in [3.05, 3.63) is 41.5 Å². The fraction of sp³-hybridized carbons (Fsp3) is 0.619. The fourth-order valence-corrected chi connectivity index (χ4v) is 3.22. The number of rotatable bonds is 6. The van der Waals surface area contributed by atoms with Crippen molar-refractivity contribution in [2.75, 3.05) is 0 Å². The quantitative estimate of drug-likeness (QED) is 0.482. The smallest absolute Gasteiger partial charge is 0.292 e. The second kappa shape index (κ2) is 8.66. The molecule has 0 bridgehead atoms. The molecule has 1 radical (unpaired) electrons. The highest BCUT2D eigenvalue weighted by Crippen LogP contribution is 2.40. The van der Waals surface area contributed by atoms with Crippen LogP contribution < -0.4 is 0 Å². The average molecular weight is 331 g/mol. The number of benzene rings is 1. The van der Waals surface area contributed by atoms with E-state index in [0.29, 0.717) is 16.9 Å². The summed E-state index contributed by atoms with van der Waals surface area (Å²) in [7, 11) is 0. The van der Waals surface area contributed by atoms with Gasteiger partial charge in [-0.25, -0.2) is 4.79 Å². The lowest BCUT2D eigenvalue weighted by Gasteiger charge is -2.35. The number of hydrogen-bond acceptors (Lipinski definition) is 3. The first-order valence-corrected chi connectivity index (χ1v) is 9.22. The Morgan fingerprint density at radius 3 is 2.29 bits per heavy atom. The van der Waals surface area contributed by atoms with Crippen LogP contribution >= 0.6 is 0 Å². The van der Waals surface area contributed by atoms with Crippen molar-refractivity contribution in [1.82, 2.24) is 0 Å². The zero-order valence-electron chi connectivity index (χ0n) is 15.6. The summed E-state index contributed by atoms with van der Waals surface area (Å²) in [6.45, 7) is 9.03. The molecule has 0 saturated heterocycles. The standard InChI is InChI=1S/C21H31O3/c1-5-6-7-16-8-10-17(11-9-16)20(22)24-23-19-14-12-18(13-15-19)21(2,3)4/h8-11,18H,5-7,12-15H2,1-4H3. The highest BCUT2D eigenvalue weighted by Gasteiger charge is 2.31. The van der Waals surface area contributed by atoms with Gasteiger partial charge in [-0.05, 0) is 67.6 Å². The summed E-state index contributed by atoms with van der Waals surface area (Å²) in [5.41, 5.74) is 2.13. The Labute approximate surface area is 146 Å². The second-order valence-electron chi connectivity index (χ2n) is 7.93. The van der Waals surface area contributed by atoms with Gasteiger partial charge in [0.1, 0.15) is 6.10 Å². The van der Waals surface area contributed by atoms with Crippen LogP contribution in [0.2, 0.25) is 0 Å². The summed E-state index contributed by atoms with van der Waals surface area (Å²) in [6.07, 6.45) is 8.24. The normalized spacial score (nSPS) is 17.0. The van der Waals surface area contributed by atoms with Crippen molar-refractivity contribution in [3.63, 3.8) is 0 Å². The maximum Gasteiger partial charge on any atom is 0.373 e. The van der Waals surface area contributed by atoms with E-state index in [9.17, 15) is 4.79 Å². The van der Waals surface area contributed by atoms with Gasteiger partial charge in [-0.2, -0.15) is 4.89 Å². The van der Waals surface area contributed by atoms with Crippen LogP contribution in [0.3, 0.4) is 0 Å². The van der Waals surface area contributed by atoms with E-state index in [1.807, 2.05) is 24.3 Å². The molecule has 0 N–H and O–H groups in total. The predicted molar refractivity (Wildman–Crippen MR) is 96.2 cm³/mol. The number of unbranched alkanes of at least 4 members (excludes halogenated alkanes) is 1. The van der Waals surface area contributed by atoms with Crippen LogP contribution in [0.1, 0.15) is 82.1 Å². The lowest BCUT2D eigenvalue weighted by molar-refractivity contribution is -0.241. The molecule has 3 nitrogen and oxygen atoms in total. The minimum absolute atomic E-state index is 0.335. The zero-order chi connectivity index (χ0) is 17.6. The van der Waals surface area contributed by atoms with Gasteiger partial charge in [0.05, 0.1) is 5.56 Å². The Kier molecular flexibility index (Phi) is 6.85. The van der Waals surface area contributed by atoms with Crippen molar-refractivity contribution in [1.29, 1.82) is 0 Å². The first-order chi connectivity index (χ1) is 11.4. The summed E-state index contributed by atoms with van der Waals surface area (Å²) in [5, 5.41) is 0. The summed E-state index contributed by atoms with van der Waals surface area (Å²) in [5.74, 6) is 0.290. The molecule has 0 spiro atoms. The molecular weight excluding hydrogens is 300 g/mol. The molecule has 0 atom stereocenters. The molecule has 0 amide bonds. The molecule has 1 saturated carbocycles. The van der Waals surface area contributed by atoms with Crippen molar-refractivity contribution in [3.8, 4) is 0 Å². The minimum Gasteiger partial charge on any atom is -0.292 e. The van der Waals surface area contributed by atoms with Crippen LogP contribution in [0.25, 0.3) is 0 Å². The Bertz CT molecular complexity index is 505. The minimum atomic E-state index is -0.414. The lowest BCUT2D eigenvalue weighted by atomic mass is 9.72. The summed E-state index contributed by atoms with van der Waals surface area (Å²) in [6, 6.07) is 7.62. The van der Waals surface area contributed by atoms with Crippen molar-refractivity contribution in [2.24, 2.45) is 11.3 Å². The number of aryl methyl sites for hydroxylation is 1. The maximum absolute atomic E-state index is 12.1. The first-order valence-electron chi connectivity index (χ1n) is 9.22. The molecule has 2 rings (SSSR count). The monoisotopic (exact) mass is 331 g/mol. The maximum atomic E-state index is 12.1. The Morgan fingerprint density at radius 2 is 1.75 bits per heavy atom. The Hall–Kier alpha value is -1.35. The van der Waals surface area contributed by atoms with E-state index in [1.54, 1.807) is 0 Å². The second-order valence-corrected chi connectivity index (χ2v) is 7.93. The van der Waals surface area contributed by atoms with Crippen molar-refractivity contribution < 1.29 is 14.6 Å². The number of hydrogen-bond donors (Lipinski definition) is 0. The molecular formula is C21H31O3. The summed E-state index contributed by atoms with van der Waals surface area (Å²) in [4.78, 5) is 22.4. The van der Waals surface area contributed by atoms with Crippen LogP contribution in [0.5, 0.6) is 0 Å². The van der Waals surface area contributed by atoms with E-state index < -0.39 is 5.97 Å². The molecule has 24 heavy (non-hydrogen) atoms. The largest absolute Gasteiger partial charge is 0.373 e. The Balaban J connectivity index is 1.75. The van der Waals surface area contributed by atoms with Crippen LogP contribution in [0.15, 0.2) is 24.3 Å². The molecule has 1 aromatic carbocycles. The van der Waals surface area contributed by atoms with Gasteiger partial charge >= 0.3 is 5.97 Å². The third-order valence-corrected chi connectivity index (χ3v) is 5.01. The van der Waals surface area contributed by atoms with Gasteiger partial charge in [0.15, 0.2) is 0 Å². The van der Waals surface area contributed by atoms with E-state index in [0.717, 1.165) is 38.2 Å². The molecule has 0 aliphatic heterocycles. The molecule has 0 unspecified atom stereocenters. The number of carbonyl (C=O) groups excluding carboxylic acids is 1. The molecule has 1 aromatic rings. The Morgan fingerprint density at radius 1 is 1.12 bits per heavy atom. The highest BCUT2D eigenvalue weighted by molar-refractivity contribution is 5.88. The first kappa shape index (κ1) is 19.0. The SMILES string of the molecule is CCCCc1ccc(C(=O)OO[C]2CCC(C(C)(C)C)CC2)cc1. The van der Waals surface area contributed by atoms with Crippen LogP contribution in [-0.2, 0) is 16.2 Å². The van der Waals surface area contributed by atoms with Crippen molar-refractivity contribution >= 4 is 5.97 Å². The van der Waals surface area contributed by atoms with Crippen LogP contribution in [0.4, 0.5) is 0 Å². The molecule has 0 aromatic heterocycles. The molecule has 3 heteroatoms. The molecule has 1 aliphatic carbocycles. The van der Waals surface area contributed by atoms with Gasteiger partial charge in [-0.3, -0.25) is 4.89 Å². The lowest BCUT2D eigenvalue weighted by Crippen LogP contribution is -2.26. The topological polar surface area (TPSA) is 35.5 Å². The fourth-order valence-electron chi connectivity index (χ4n) is 3.22. The average Bonchev–Trinajstić information content (AvgIpc) is 2.58. The van der Waals surface area contributed by atoms with E-state index in [4.69, 9.17) is 9.78 Å². The third-order valence-electron chi connectivity index (χ3n) is 5.01. The van der Waals surface area contributed by atoms with Crippen molar-refractivity contribution in [2.45, 2.75) is 72.6 Å². The molecule has 1 aliphatic rings. The van der Waals surface area contributed by atoms with Gasteiger partial charge < -0.3 is 0 Å². The van der Waals surface area contributed by atoms with Gasteiger partial charge in [-0.1, -0.05) is 46.2 Å². The molecule has 0 heterocycles. The van der Waals surface area contributed by atoms with Gasteiger partial charge in [0, 0.05) is 0 Å². The van der Waals surface area contributed by atoms with Gasteiger partial charge in [0.25, 0.3) is 0 Å². The number of carbonyl (C=O) groups is 1. The predicted octanol–water partition coefficient (Wildman–Crippen LogP) is 5.89. The molecule has 133 valence electrons. The molecule has 1 fully saturated rings. The van der Waals surface area contributed by atoms with E-state index in [1.165, 1.54) is 18.4 Å². The van der Waals surface area contributed by atoms with E-state index >= 15 is 0 Å². The zero-order valence-corrected chi connectivity index (χ0v) is 15.6. The van der Waals surface area contributed by atoms with Crippen LogP contribution in [0, 0.1) is 17.4 Å². The third kappa shape index (κ3) is 5.62. The van der Waals surface area contributed by atoms with Crippen LogP contribution in [-0.4, -0.2) is 5.97 Å². The summed E-state index contributed by atoms with van der Waals surface area (Å²) < 4.78 is 0.